The standard InChI is InChI=1S/C26H32N4O9S2.ClH/c1-12(39-24(35)19-26(4,5)41(36,37)15-11-14(31)29(15)19)38-23(34)18-25(2,3)40-22-17(21(33)30(18)22)28-20(32)16(27)13-9-7-6-8-10-13;/h6-10,12,15-19,22H,11,27H2,1-5H3,(H,28,32);1H/t12?,15-,16?,17?,18+,19+,22-;/m1./s1. The van der Waals surface area contributed by atoms with Gasteiger partial charge in [0.15, 0.2) is 9.84 Å². The first-order valence-electron chi connectivity index (χ1n) is 13.1. The van der Waals surface area contributed by atoms with Crippen LogP contribution in [0.25, 0.3) is 0 Å². The molecule has 5 rings (SSSR count). The summed E-state index contributed by atoms with van der Waals surface area (Å²) in [5, 5.41) is 1.06. The summed E-state index contributed by atoms with van der Waals surface area (Å²) in [7, 11) is -3.82. The maximum atomic E-state index is 13.3. The van der Waals surface area contributed by atoms with E-state index in [-0.39, 0.29) is 18.8 Å². The third kappa shape index (κ3) is 4.74. The van der Waals surface area contributed by atoms with Crippen LogP contribution in [0.2, 0.25) is 0 Å². The zero-order chi connectivity index (χ0) is 30.2. The van der Waals surface area contributed by atoms with Gasteiger partial charge in [-0.1, -0.05) is 30.3 Å². The van der Waals surface area contributed by atoms with Crippen LogP contribution in [0.4, 0.5) is 0 Å². The van der Waals surface area contributed by atoms with E-state index in [0.29, 0.717) is 5.56 Å². The number of thioether (sulfide) groups is 1. The normalized spacial score (nSPS) is 30.9. The highest BCUT2D eigenvalue weighted by atomic mass is 35.5. The monoisotopic (exact) mass is 644 g/mol. The number of sulfone groups is 1. The molecular weight excluding hydrogens is 612 g/mol. The number of halogens is 1. The molecule has 42 heavy (non-hydrogen) atoms. The van der Waals surface area contributed by atoms with Crippen molar-refractivity contribution in [3.05, 3.63) is 35.9 Å². The van der Waals surface area contributed by atoms with Crippen LogP contribution in [0.1, 0.15) is 52.6 Å². The van der Waals surface area contributed by atoms with E-state index in [1.807, 2.05) is 0 Å². The topological polar surface area (TPSA) is 182 Å². The number of carbonyl (C=O) groups excluding carboxylic acids is 5. The van der Waals surface area contributed by atoms with Crippen LogP contribution in [0, 0.1) is 0 Å². The van der Waals surface area contributed by atoms with Gasteiger partial charge < -0.3 is 30.3 Å². The molecule has 0 aromatic heterocycles. The summed E-state index contributed by atoms with van der Waals surface area (Å²) in [5.74, 6) is -3.33. The lowest BCUT2D eigenvalue weighted by Gasteiger charge is -2.44. The molecule has 0 radical (unpaired) electrons. The molecule has 3 N–H and O–H groups in total. The third-order valence-electron chi connectivity index (χ3n) is 8.17. The molecule has 4 fully saturated rings. The first kappa shape index (κ1) is 32.0. The molecule has 230 valence electrons. The smallest absolute Gasteiger partial charge is 0.333 e. The first-order chi connectivity index (χ1) is 19.0. The number of hydrogen-bond acceptors (Lipinski definition) is 11. The largest absolute Gasteiger partial charge is 0.424 e. The molecule has 0 saturated carbocycles. The highest BCUT2D eigenvalue weighted by Crippen LogP contribution is 2.51. The lowest BCUT2D eigenvalue weighted by molar-refractivity contribution is -0.196. The van der Waals surface area contributed by atoms with Gasteiger partial charge in [0, 0.05) is 11.7 Å². The predicted octanol–water partition coefficient (Wildman–Crippen LogP) is 0.222. The van der Waals surface area contributed by atoms with Crippen LogP contribution in [0.5, 0.6) is 0 Å². The highest BCUT2D eigenvalue weighted by Gasteiger charge is 2.68. The maximum absolute atomic E-state index is 13.3. The fourth-order valence-electron chi connectivity index (χ4n) is 5.87. The zero-order valence-electron chi connectivity index (χ0n) is 23.5. The van der Waals surface area contributed by atoms with Gasteiger partial charge in [-0.2, -0.15) is 0 Å². The molecule has 4 aliphatic rings. The van der Waals surface area contributed by atoms with E-state index < -0.39 is 90.2 Å². The Bertz CT molecular complexity index is 1440. The second-order valence-electron chi connectivity index (χ2n) is 11.6. The second-order valence-corrected chi connectivity index (χ2v) is 16.0. The van der Waals surface area contributed by atoms with E-state index >= 15 is 0 Å². The molecule has 13 nitrogen and oxygen atoms in total. The first-order valence-corrected chi connectivity index (χ1v) is 15.5. The van der Waals surface area contributed by atoms with Crippen LogP contribution in [-0.4, -0.2) is 92.5 Å². The van der Waals surface area contributed by atoms with E-state index in [0.717, 1.165) is 4.90 Å². The molecule has 0 bridgehead atoms. The SMILES string of the molecule is CC(OC(=O)[C@@H]1N2C(=O)C(NC(=O)C(N)c3ccccc3)[C@H]2SC1(C)C)OC(=O)[C@@H]1N2C(=O)C[C@H]2S(=O)(=O)C1(C)C.Cl. The zero-order valence-corrected chi connectivity index (χ0v) is 26.0. The Hall–Kier alpha value is -2.88. The average molecular weight is 645 g/mol. The Morgan fingerprint density at radius 2 is 1.60 bits per heavy atom. The average Bonchev–Trinajstić information content (AvgIpc) is 3.22. The number of benzene rings is 1. The summed E-state index contributed by atoms with van der Waals surface area (Å²) in [6.07, 6.45) is -1.63. The Kier molecular flexibility index (Phi) is 8.15. The van der Waals surface area contributed by atoms with Gasteiger partial charge in [-0.25, -0.2) is 18.0 Å². The fourth-order valence-corrected chi connectivity index (χ4v) is 9.61. The third-order valence-corrected chi connectivity index (χ3v) is 12.5. The van der Waals surface area contributed by atoms with Crippen molar-refractivity contribution < 1.29 is 41.9 Å². The number of nitrogens with two attached hydrogens (primary N) is 1. The Labute approximate surface area is 253 Å². The predicted molar refractivity (Wildman–Crippen MR) is 152 cm³/mol. The summed E-state index contributed by atoms with van der Waals surface area (Å²) >= 11 is 1.31. The summed E-state index contributed by atoms with van der Waals surface area (Å²) < 4.78 is 33.9. The highest BCUT2D eigenvalue weighted by molar-refractivity contribution is 8.01. The van der Waals surface area contributed by atoms with Crippen LogP contribution in [-0.2, 0) is 43.3 Å². The lowest BCUT2D eigenvalue weighted by Crippen LogP contribution is -2.71. The maximum Gasteiger partial charge on any atom is 0.333 e. The Morgan fingerprint density at radius 3 is 2.17 bits per heavy atom. The second kappa shape index (κ2) is 10.7. The number of nitrogens with one attached hydrogen (secondary N) is 1. The van der Waals surface area contributed by atoms with Gasteiger partial charge in [0.05, 0.1) is 11.2 Å². The van der Waals surface area contributed by atoms with Gasteiger partial charge in [-0.05, 0) is 33.3 Å². The Morgan fingerprint density at radius 1 is 1.02 bits per heavy atom. The molecule has 0 aliphatic carbocycles. The molecule has 0 spiro atoms. The van der Waals surface area contributed by atoms with Crippen molar-refractivity contribution in [2.45, 2.75) is 91.7 Å². The number of β-lactam (4-membered cyclic amide) rings is 2. The number of esters is 2. The van der Waals surface area contributed by atoms with Crippen molar-refractivity contribution in [1.82, 2.24) is 15.1 Å². The number of nitrogens with zero attached hydrogens (tertiary/aromatic N) is 2. The molecule has 1 aromatic carbocycles. The molecule has 4 saturated heterocycles. The summed E-state index contributed by atoms with van der Waals surface area (Å²) in [5.41, 5.74) is 6.65. The number of fused-ring (bicyclic) bond motifs is 2. The van der Waals surface area contributed by atoms with E-state index in [9.17, 15) is 32.4 Å². The van der Waals surface area contributed by atoms with Crippen LogP contribution in [0.3, 0.4) is 0 Å². The molecule has 4 heterocycles. The summed E-state index contributed by atoms with van der Waals surface area (Å²) in [4.78, 5) is 66.6. The minimum absolute atomic E-state index is 0. The van der Waals surface area contributed by atoms with Crippen LogP contribution in [0.15, 0.2) is 30.3 Å². The van der Waals surface area contributed by atoms with Gasteiger partial charge in [0.25, 0.3) is 0 Å². The van der Waals surface area contributed by atoms with E-state index in [2.05, 4.69) is 5.32 Å². The molecule has 3 unspecified atom stereocenters. The molecule has 16 heteroatoms. The van der Waals surface area contributed by atoms with Gasteiger partial charge in [0.1, 0.15) is 34.9 Å². The summed E-state index contributed by atoms with van der Waals surface area (Å²) in [6.45, 7) is 7.50. The quantitative estimate of drug-likeness (QED) is 0.235. The Balaban J connectivity index is 0.00000405. The number of rotatable bonds is 7. The fraction of sp³-hybridized carbons (Fsp3) is 0.577. The van der Waals surface area contributed by atoms with E-state index in [1.54, 1.807) is 44.2 Å². The van der Waals surface area contributed by atoms with Crippen molar-refractivity contribution in [1.29, 1.82) is 0 Å². The number of amides is 3. The van der Waals surface area contributed by atoms with Gasteiger partial charge in [-0.15, -0.1) is 24.2 Å². The van der Waals surface area contributed by atoms with Crippen LogP contribution < -0.4 is 11.1 Å². The van der Waals surface area contributed by atoms with Gasteiger partial charge in [-0.3, -0.25) is 14.4 Å². The van der Waals surface area contributed by atoms with E-state index in [4.69, 9.17) is 15.2 Å². The number of ether oxygens (including phenoxy) is 2. The molecule has 3 amide bonds. The van der Waals surface area contributed by atoms with Crippen molar-refractivity contribution in [2.24, 2.45) is 5.73 Å². The van der Waals surface area contributed by atoms with Crippen molar-refractivity contribution in [3.63, 3.8) is 0 Å². The van der Waals surface area contributed by atoms with Gasteiger partial charge >= 0.3 is 11.9 Å². The number of hydrogen-bond donors (Lipinski definition) is 2. The van der Waals surface area contributed by atoms with Crippen molar-refractivity contribution in [3.8, 4) is 0 Å². The van der Waals surface area contributed by atoms with Crippen molar-refractivity contribution in [2.75, 3.05) is 0 Å². The van der Waals surface area contributed by atoms with Crippen LogP contribution >= 0.6 is 24.2 Å². The number of carbonyl (C=O) groups is 5. The summed E-state index contributed by atoms with van der Waals surface area (Å²) in [6, 6.07) is 4.41. The van der Waals surface area contributed by atoms with Gasteiger partial charge in [0.2, 0.25) is 24.0 Å². The molecular formula is C26H33ClN4O9S2. The molecule has 7 atom stereocenters. The minimum atomic E-state index is -3.82. The lowest BCUT2D eigenvalue weighted by atomic mass is 9.95. The van der Waals surface area contributed by atoms with E-state index in [1.165, 1.54) is 37.4 Å². The molecule has 1 aromatic rings. The minimum Gasteiger partial charge on any atom is -0.424 e. The van der Waals surface area contributed by atoms with Crippen molar-refractivity contribution >= 4 is 63.7 Å². The molecule has 4 aliphatic heterocycles.